The number of sulfonamides is 1. The van der Waals surface area contributed by atoms with E-state index in [9.17, 15) is 26.7 Å². The second kappa shape index (κ2) is 7.74. The number of hydrogen-bond acceptors (Lipinski definition) is 3. The van der Waals surface area contributed by atoms with E-state index in [1.54, 1.807) is 13.8 Å². The quantitative estimate of drug-likeness (QED) is 0.659. The fraction of sp³-hybridized carbons (Fsp3) is 0.333. The van der Waals surface area contributed by atoms with Crippen LogP contribution in [0.5, 0.6) is 0 Å². The van der Waals surface area contributed by atoms with Gasteiger partial charge < -0.3 is 5.11 Å². The molecule has 0 aliphatic carbocycles. The molecule has 0 saturated carbocycles. The second-order valence-corrected chi connectivity index (χ2v) is 9.21. The highest BCUT2D eigenvalue weighted by Crippen LogP contribution is 2.39. The van der Waals surface area contributed by atoms with Gasteiger partial charge in [0.2, 0.25) is 0 Å². The van der Waals surface area contributed by atoms with Crippen LogP contribution in [0.4, 0.5) is 18.9 Å². The molecule has 0 aliphatic rings. The Morgan fingerprint density at radius 3 is 2.04 bits per heavy atom. The van der Waals surface area contributed by atoms with Gasteiger partial charge in [-0.2, -0.15) is 13.2 Å². The Morgan fingerprint density at radius 1 is 1.04 bits per heavy atom. The van der Waals surface area contributed by atoms with E-state index < -0.39 is 33.4 Å². The van der Waals surface area contributed by atoms with Crippen molar-refractivity contribution < 1.29 is 26.7 Å². The molecule has 0 saturated heterocycles. The molecule has 0 aliphatic heterocycles. The number of alkyl halides is 3. The van der Waals surface area contributed by atoms with Crippen LogP contribution in [-0.4, -0.2) is 25.7 Å². The highest BCUT2D eigenvalue weighted by molar-refractivity contribution is 7.93. The van der Waals surface area contributed by atoms with Crippen molar-refractivity contribution in [1.29, 1.82) is 0 Å². The van der Waals surface area contributed by atoms with Crippen LogP contribution in [0, 0.1) is 0 Å². The van der Waals surface area contributed by atoms with Gasteiger partial charge in [0, 0.05) is 11.1 Å². The lowest BCUT2D eigenvalue weighted by atomic mass is 9.95. The van der Waals surface area contributed by atoms with Crippen LogP contribution in [0.1, 0.15) is 26.3 Å². The van der Waals surface area contributed by atoms with Crippen LogP contribution in [0.3, 0.4) is 0 Å². The summed E-state index contributed by atoms with van der Waals surface area (Å²) >= 11 is 11.9. The Balaban J connectivity index is 2.55. The van der Waals surface area contributed by atoms with Crippen molar-refractivity contribution in [3.63, 3.8) is 0 Å². The molecule has 0 aromatic heterocycles. The molecule has 2 aromatic carbocycles. The van der Waals surface area contributed by atoms with Crippen LogP contribution in [0.2, 0.25) is 10.0 Å². The van der Waals surface area contributed by atoms with Crippen LogP contribution in [0.15, 0.2) is 47.4 Å². The summed E-state index contributed by atoms with van der Waals surface area (Å²) in [4.78, 5) is -0.221. The number of benzene rings is 2. The fourth-order valence-electron chi connectivity index (χ4n) is 2.59. The highest BCUT2D eigenvalue weighted by atomic mass is 35.5. The molecule has 1 N–H and O–H groups in total. The molecule has 0 radical (unpaired) electrons. The highest BCUT2D eigenvalue weighted by Gasteiger charge is 2.51. The van der Waals surface area contributed by atoms with Crippen molar-refractivity contribution in [3.05, 3.63) is 58.1 Å². The van der Waals surface area contributed by atoms with Gasteiger partial charge in [-0.25, -0.2) is 8.42 Å². The summed E-state index contributed by atoms with van der Waals surface area (Å²) in [5.74, 6) is 0. The van der Waals surface area contributed by atoms with Gasteiger partial charge in [0.15, 0.2) is 5.60 Å². The topological polar surface area (TPSA) is 57.6 Å². The normalized spacial score (nSPS) is 14.8. The Hall–Kier alpha value is -1.48. The number of hydrogen-bond donors (Lipinski definition) is 1. The SMILES string of the molecule is CC(C)N(c1ccc([C@](C)(O)C(F)(F)F)cc1)S(=O)(=O)c1cc(Cl)ccc1Cl. The van der Waals surface area contributed by atoms with Crippen LogP contribution in [0.25, 0.3) is 0 Å². The molecule has 10 heteroatoms. The van der Waals surface area contributed by atoms with E-state index in [4.69, 9.17) is 23.2 Å². The molecule has 2 aromatic rings. The van der Waals surface area contributed by atoms with Crippen LogP contribution in [-0.2, 0) is 15.6 Å². The number of halogens is 5. The van der Waals surface area contributed by atoms with Gasteiger partial charge in [-0.05, 0) is 56.7 Å². The van der Waals surface area contributed by atoms with Crippen LogP contribution >= 0.6 is 23.2 Å². The van der Waals surface area contributed by atoms with Gasteiger partial charge >= 0.3 is 6.18 Å². The minimum Gasteiger partial charge on any atom is -0.376 e. The number of anilines is 1. The van der Waals surface area contributed by atoms with Crippen molar-refractivity contribution in [2.75, 3.05) is 4.31 Å². The van der Waals surface area contributed by atoms with E-state index in [-0.39, 0.29) is 20.6 Å². The molecule has 28 heavy (non-hydrogen) atoms. The molecule has 1 atom stereocenters. The lowest BCUT2D eigenvalue weighted by Crippen LogP contribution is -2.39. The molecule has 0 fully saturated rings. The maximum Gasteiger partial charge on any atom is 0.421 e. The predicted molar refractivity (Wildman–Crippen MR) is 103 cm³/mol. The van der Waals surface area contributed by atoms with Crippen molar-refractivity contribution in [1.82, 2.24) is 0 Å². The minimum atomic E-state index is -4.88. The third-order valence-corrected chi connectivity index (χ3v) is 6.86. The Morgan fingerprint density at radius 2 is 1.57 bits per heavy atom. The van der Waals surface area contributed by atoms with Gasteiger partial charge in [0.25, 0.3) is 10.0 Å². The lowest BCUT2D eigenvalue weighted by Gasteiger charge is -2.30. The first-order chi connectivity index (χ1) is 12.7. The third-order valence-electron chi connectivity index (χ3n) is 4.14. The average Bonchev–Trinajstić information content (AvgIpc) is 2.56. The standard InChI is InChI=1S/C18H18Cl2F3NO3S/c1-11(2)24(28(26,27)16-10-13(19)6-9-15(16)20)14-7-4-12(5-8-14)17(3,25)18(21,22)23/h4-11,25H,1-3H3/t17-/m0/s1. The monoisotopic (exact) mass is 455 g/mol. The van der Waals surface area contributed by atoms with Gasteiger partial charge in [-0.3, -0.25) is 4.31 Å². The summed E-state index contributed by atoms with van der Waals surface area (Å²) in [6.07, 6.45) is -4.88. The molecule has 0 heterocycles. The zero-order valence-electron chi connectivity index (χ0n) is 15.1. The van der Waals surface area contributed by atoms with E-state index in [1.165, 1.54) is 30.3 Å². The van der Waals surface area contributed by atoms with Gasteiger partial charge in [-0.15, -0.1) is 0 Å². The molecule has 4 nitrogen and oxygen atoms in total. The summed E-state index contributed by atoms with van der Waals surface area (Å²) in [7, 11) is -4.15. The zero-order chi connectivity index (χ0) is 21.5. The van der Waals surface area contributed by atoms with Crippen LogP contribution < -0.4 is 4.31 Å². The van der Waals surface area contributed by atoms with Gasteiger partial charge in [0.05, 0.1) is 10.7 Å². The van der Waals surface area contributed by atoms with Crippen molar-refractivity contribution in [2.45, 2.75) is 43.5 Å². The maximum atomic E-state index is 13.1. The molecule has 154 valence electrons. The number of nitrogens with zero attached hydrogens (tertiary/aromatic N) is 1. The molecule has 0 bridgehead atoms. The number of aliphatic hydroxyl groups is 1. The first kappa shape index (κ1) is 22.8. The van der Waals surface area contributed by atoms with E-state index in [0.717, 1.165) is 16.4 Å². The molecule has 0 unspecified atom stereocenters. The molecule has 2 rings (SSSR count). The average molecular weight is 456 g/mol. The summed E-state index contributed by atoms with van der Waals surface area (Å²) in [6.45, 7) is 3.84. The first-order valence-corrected chi connectivity index (χ1v) is 10.3. The van der Waals surface area contributed by atoms with Crippen molar-refractivity contribution in [3.8, 4) is 0 Å². The Bertz CT molecular complexity index is 959. The smallest absolute Gasteiger partial charge is 0.376 e. The summed E-state index contributed by atoms with van der Waals surface area (Å²) < 4.78 is 66.4. The van der Waals surface area contributed by atoms with E-state index in [1.807, 2.05) is 0 Å². The summed E-state index contributed by atoms with van der Waals surface area (Å²) in [5.41, 5.74) is -3.36. The molecular formula is C18H18Cl2F3NO3S. The van der Waals surface area contributed by atoms with E-state index >= 15 is 0 Å². The minimum absolute atomic E-state index is 0.0355. The molecular weight excluding hydrogens is 438 g/mol. The lowest BCUT2D eigenvalue weighted by molar-refractivity contribution is -0.258. The maximum absolute atomic E-state index is 13.1. The number of rotatable bonds is 5. The zero-order valence-corrected chi connectivity index (χ0v) is 17.5. The fourth-order valence-corrected chi connectivity index (χ4v) is 5.00. The molecule has 0 spiro atoms. The van der Waals surface area contributed by atoms with Gasteiger partial charge in [-0.1, -0.05) is 35.3 Å². The van der Waals surface area contributed by atoms with E-state index in [2.05, 4.69) is 0 Å². The Kier molecular flexibility index (Phi) is 6.31. The third kappa shape index (κ3) is 4.25. The first-order valence-electron chi connectivity index (χ1n) is 8.08. The second-order valence-electron chi connectivity index (χ2n) is 6.59. The van der Waals surface area contributed by atoms with Crippen molar-refractivity contribution >= 4 is 38.9 Å². The summed E-state index contributed by atoms with van der Waals surface area (Å²) in [5, 5.41) is 9.91. The predicted octanol–water partition coefficient (Wildman–Crippen LogP) is 5.37. The molecule has 0 amide bonds. The summed E-state index contributed by atoms with van der Waals surface area (Å²) in [6, 6.07) is 7.89. The Labute approximate surface area is 171 Å². The van der Waals surface area contributed by atoms with Crippen molar-refractivity contribution in [2.24, 2.45) is 0 Å². The van der Waals surface area contributed by atoms with Gasteiger partial charge in [0.1, 0.15) is 4.90 Å². The van der Waals surface area contributed by atoms with E-state index in [0.29, 0.717) is 6.92 Å². The largest absolute Gasteiger partial charge is 0.421 e.